The zero-order valence-corrected chi connectivity index (χ0v) is 16.9. The van der Waals surface area contributed by atoms with E-state index in [2.05, 4.69) is 0 Å². The van der Waals surface area contributed by atoms with Crippen LogP contribution in [0, 0.1) is 12.7 Å². The van der Waals surface area contributed by atoms with Gasteiger partial charge in [-0.15, -0.1) is 0 Å². The first-order valence-electron chi connectivity index (χ1n) is 8.81. The first-order chi connectivity index (χ1) is 12.7. The average Bonchev–Trinajstić information content (AvgIpc) is 2.64. The summed E-state index contributed by atoms with van der Waals surface area (Å²) in [6.45, 7) is 6.34. The molecule has 0 saturated heterocycles. The SMILES string of the molecule is CCN(CC)S(=O)(=O)c1ccc(C)c(C(=O)N(C)Cc2ccc(F)cc2)c1. The molecule has 27 heavy (non-hydrogen) atoms. The largest absolute Gasteiger partial charge is 0.337 e. The lowest BCUT2D eigenvalue weighted by molar-refractivity contribution is 0.0784. The molecule has 0 N–H and O–H groups in total. The summed E-state index contributed by atoms with van der Waals surface area (Å²) >= 11 is 0. The lowest BCUT2D eigenvalue weighted by Crippen LogP contribution is -2.31. The van der Waals surface area contributed by atoms with Crippen LogP contribution in [0.2, 0.25) is 0 Å². The molecule has 0 fully saturated rings. The molecule has 0 aliphatic heterocycles. The molecule has 146 valence electrons. The van der Waals surface area contributed by atoms with Crippen LogP contribution in [0.15, 0.2) is 47.4 Å². The van der Waals surface area contributed by atoms with Gasteiger partial charge in [-0.05, 0) is 42.3 Å². The van der Waals surface area contributed by atoms with Crippen molar-refractivity contribution in [2.45, 2.75) is 32.2 Å². The lowest BCUT2D eigenvalue weighted by Gasteiger charge is -2.21. The average molecular weight is 392 g/mol. The molecule has 0 aliphatic carbocycles. The number of hydrogen-bond acceptors (Lipinski definition) is 3. The van der Waals surface area contributed by atoms with Crippen LogP contribution in [0.1, 0.15) is 35.3 Å². The minimum Gasteiger partial charge on any atom is -0.337 e. The zero-order valence-electron chi connectivity index (χ0n) is 16.1. The van der Waals surface area contributed by atoms with Crippen LogP contribution >= 0.6 is 0 Å². The number of halogens is 1. The van der Waals surface area contributed by atoms with Gasteiger partial charge in [0, 0.05) is 32.2 Å². The quantitative estimate of drug-likeness (QED) is 0.725. The van der Waals surface area contributed by atoms with E-state index in [0.29, 0.717) is 30.8 Å². The standard InChI is InChI=1S/C20H25FN2O3S/c1-5-23(6-2)27(25,26)18-12-7-15(3)19(13-18)20(24)22(4)14-16-8-10-17(21)11-9-16/h7-13H,5-6,14H2,1-4H3. The van der Waals surface area contributed by atoms with E-state index < -0.39 is 10.0 Å². The topological polar surface area (TPSA) is 57.7 Å². The van der Waals surface area contributed by atoms with Gasteiger partial charge in [-0.25, -0.2) is 12.8 Å². The van der Waals surface area contributed by atoms with E-state index in [1.54, 1.807) is 46.0 Å². The van der Waals surface area contributed by atoms with Crippen LogP contribution in [0.25, 0.3) is 0 Å². The van der Waals surface area contributed by atoms with Crippen LogP contribution in [-0.4, -0.2) is 43.7 Å². The van der Waals surface area contributed by atoms with E-state index >= 15 is 0 Å². The number of nitrogens with zero attached hydrogens (tertiary/aromatic N) is 2. The molecule has 0 radical (unpaired) electrons. The number of hydrogen-bond donors (Lipinski definition) is 0. The second-order valence-electron chi connectivity index (χ2n) is 6.35. The Morgan fingerprint density at radius 3 is 2.19 bits per heavy atom. The Morgan fingerprint density at radius 1 is 1.04 bits per heavy atom. The number of carbonyl (C=O) groups is 1. The van der Waals surface area contributed by atoms with Gasteiger partial charge in [-0.1, -0.05) is 32.0 Å². The van der Waals surface area contributed by atoms with Crippen LogP contribution in [0.3, 0.4) is 0 Å². The third-order valence-electron chi connectivity index (χ3n) is 4.46. The second kappa shape index (κ2) is 8.63. The van der Waals surface area contributed by atoms with Crippen molar-refractivity contribution in [3.05, 3.63) is 65.0 Å². The summed E-state index contributed by atoms with van der Waals surface area (Å²) in [5.41, 5.74) is 1.83. The van der Waals surface area contributed by atoms with Crippen LogP contribution in [0.5, 0.6) is 0 Å². The number of rotatable bonds is 7. The minimum absolute atomic E-state index is 0.107. The van der Waals surface area contributed by atoms with Crippen molar-refractivity contribution in [2.24, 2.45) is 0 Å². The molecule has 2 aromatic carbocycles. The molecule has 0 aromatic heterocycles. The molecule has 0 bridgehead atoms. The summed E-state index contributed by atoms with van der Waals surface area (Å²) < 4.78 is 39.9. The lowest BCUT2D eigenvalue weighted by atomic mass is 10.1. The molecule has 7 heteroatoms. The van der Waals surface area contributed by atoms with E-state index in [1.165, 1.54) is 33.5 Å². The number of benzene rings is 2. The fraction of sp³-hybridized carbons (Fsp3) is 0.350. The highest BCUT2D eigenvalue weighted by molar-refractivity contribution is 7.89. The van der Waals surface area contributed by atoms with E-state index in [9.17, 15) is 17.6 Å². The van der Waals surface area contributed by atoms with Gasteiger partial charge in [0.05, 0.1) is 4.90 Å². The van der Waals surface area contributed by atoms with Crippen molar-refractivity contribution >= 4 is 15.9 Å². The molecule has 5 nitrogen and oxygen atoms in total. The third-order valence-corrected chi connectivity index (χ3v) is 6.51. The van der Waals surface area contributed by atoms with Crippen LogP contribution in [0.4, 0.5) is 4.39 Å². The molecule has 0 heterocycles. The van der Waals surface area contributed by atoms with Gasteiger partial charge >= 0.3 is 0 Å². The van der Waals surface area contributed by atoms with Crippen molar-refractivity contribution in [3.8, 4) is 0 Å². The Hall–Kier alpha value is -2.25. The van der Waals surface area contributed by atoms with Gasteiger partial charge in [0.2, 0.25) is 10.0 Å². The van der Waals surface area contributed by atoms with Crippen LogP contribution in [-0.2, 0) is 16.6 Å². The maximum Gasteiger partial charge on any atom is 0.254 e. The number of aryl methyl sites for hydroxylation is 1. The van der Waals surface area contributed by atoms with Gasteiger partial charge in [0.25, 0.3) is 5.91 Å². The third kappa shape index (κ3) is 4.73. The molecule has 0 spiro atoms. The molecule has 2 aromatic rings. The summed E-state index contributed by atoms with van der Waals surface area (Å²) in [5, 5.41) is 0. The normalized spacial score (nSPS) is 11.6. The highest BCUT2D eigenvalue weighted by Gasteiger charge is 2.24. The predicted octanol–water partition coefficient (Wildman–Crippen LogP) is 3.44. The highest BCUT2D eigenvalue weighted by atomic mass is 32.2. The summed E-state index contributed by atoms with van der Waals surface area (Å²) in [5.74, 6) is -0.619. The molecule has 0 atom stereocenters. The van der Waals surface area contributed by atoms with Gasteiger partial charge < -0.3 is 4.90 Å². The maximum absolute atomic E-state index is 13.0. The van der Waals surface area contributed by atoms with Crippen molar-refractivity contribution in [3.63, 3.8) is 0 Å². The van der Waals surface area contributed by atoms with Gasteiger partial charge in [-0.3, -0.25) is 4.79 Å². The van der Waals surface area contributed by atoms with Gasteiger partial charge in [-0.2, -0.15) is 4.31 Å². The van der Waals surface area contributed by atoms with Crippen molar-refractivity contribution in [1.82, 2.24) is 9.21 Å². The van der Waals surface area contributed by atoms with E-state index in [0.717, 1.165) is 5.56 Å². The fourth-order valence-electron chi connectivity index (χ4n) is 2.85. The van der Waals surface area contributed by atoms with E-state index in [1.807, 2.05) is 0 Å². The Kier molecular flexibility index (Phi) is 6.73. The minimum atomic E-state index is -3.64. The Labute approximate surface area is 160 Å². The highest BCUT2D eigenvalue weighted by Crippen LogP contribution is 2.21. The Balaban J connectivity index is 2.31. The molecule has 2 rings (SSSR count). The summed E-state index contributed by atoms with van der Waals surface area (Å²) in [4.78, 5) is 14.5. The Morgan fingerprint density at radius 2 is 1.63 bits per heavy atom. The number of sulfonamides is 1. The molecular formula is C20H25FN2O3S. The number of carbonyl (C=O) groups excluding carboxylic acids is 1. The van der Waals surface area contributed by atoms with Crippen molar-refractivity contribution in [2.75, 3.05) is 20.1 Å². The summed E-state index contributed by atoms with van der Waals surface area (Å²) in [6.07, 6.45) is 0. The fourth-order valence-corrected chi connectivity index (χ4v) is 4.33. The number of amides is 1. The predicted molar refractivity (Wildman–Crippen MR) is 103 cm³/mol. The summed E-state index contributed by atoms with van der Waals surface area (Å²) in [6, 6.07) is 10.5. The smallest absolute Gasteiger partial charge is 0.254 e. The molecule has 1 amide bonds. The summed E-state index contributed by atoms with van der Waals surface area (Å²) in [7, 11) is -2.01. The van der Waals surface area contributed by atoms with Gasteiger partial charge in [0.1, 0.15) is 5.82 Å². The first kappa shape index (κ1) is 21.1. The van der Waals surface area contributed by atoms with Gasteiger partial charge in [0.15, 0.2) is 0 Å². The maximum atomic E-state index is 13.0. The van der Waals surface area contributed by atoms with Crippen molar-refractivity contribution in [1.29, 1.82) is 0 Å². The second-order valence-corrected chi connectivity index (χ2v) is 8.29. The molecule has 0 saturated carbocycles. The molecular weight excluding hydrogens is 367 g/mol. The Bertz CT molecular complexity index is 907. The van der Waals surface area contributed by atoms with Crippen LogP contribution < -0.4 is 0 Å². The van der Waals surface area contributed by atoms with E-state index in [4.69, 9.17) is 0 Å². The monoisotopic (exact) mass is 392 g/mol. The molecule has 0 aliphatic rings. The van der Waals surface area contributed by atoms with E-state index in [-0.39, 0.29) is 16.6 Å². The molecule has 0 unspecified atom stereocenters. The zero-order chi connectivity index (χ0) is 20.2. The first-order valence-corrected chi connectivity index (χ1v) is 10.2. The van der Waals surface area contributed by atoms with Crippen molar-refractivity contribution < 1.29 is 17.6 Å².